The number of carboxylic acids is 1. The van der Waals surface area contributed by atoms with Gasteiger partial charge in [-0.25, -0.2) is 0 Å². The molecule has 0 aliphatic heterocycles. The van der Waals surface area contributed by atoms with Crippen LogP contribution in [0.2, 0.25) is 0 Å². The van der Waals surface area contributed by atoms with Crippen LogP contribution in [0, 0.1) is 3.57 Å². The van der Waals surface area contributed by atoms with Crippen molar-refractivity contribution in [2.24, 2.45) is 0 Å². The minimum Gasteiger partial charge on any atom is -0.545 e. The van der Waals surface area contributed by atoms with Crippen LogP contribution in [0.25, 0.3) is 0 Å². The molecule has 1 aromatic rings. The van der Waals surface area contributed by atoms with Gasteiger partial charge in [0.1, 0.15) is 5.75 Å². The molecule has 154 valence electrons. The lowest BCUT2D eigenvalue weighted by Gasteiger charge is -2.33. The first-order valence-corrected chi connectivity index (χ1v) is 7.96. The Morgan fingerprint density at radius 1 is 1.00 bits per heavy atom. The third-order valence-corrected chi connectivity index (χ3v) is 4.11. The molecule has 0 fully saturated rings. The summed E-state index contributed by atoms with van der Waals surface area (Å²) in [5, 5.41) is 10.6. The average molecular weight is 523 g/mol. The van der Waals surface area contributed by atoms with E-state index >= 15 is 0 Å². The Hall–Kier alpha value is -1.41. The number of hydrogen-bond donors (Lipinski definition) is 0. The van der Waals surface area contributed by atoms with Gasteiger partial charge in [-0.15, -0.1) is 0 Å². The molecule has 0 saturated carbocycles. The van der Waals surface area contributed by atoms with Crippen molar-refractivity contribution in [2.45, 2.75) is 36.8 Å². The fraction of sp³-hybridized carbons (Fsp3) is 0.500. The Morgan fingerprint density at radius 3 is 2.00 bits per heavy atom. The second kappa shape index (κ2) is 7.91. The largest absolute Gasteiger partial charge is 0.545 e. The van der Waals surface area contributed by atoms with Crippen molar-refractivity contribution in [1.82, 2.24) is 0 Å². The van der Waals surface area contributed by atoms with Crippen molar-refractivity contribution in [3.8, 4) is 5.75 Å². The molecule has 13 heteroatoms. The smallest absolute Gasteiger partial charge is 0.460 e. The van der Waals surface area contributed by atoms with Crippen LogP contribution in [0.3, 0.4) is 0 Å². The lowest BCUT2D eigenvalue weighted by atomic mass is 10.00. The van der Waals surface area contributed by atoms with E-state index in [-0.39, 0.29) is 14.9 Å². The number of hydrogen-bond acceptors (Lipinski definition) is 3. The maximum Gasteiger partial charge on any atom is 0.460 e. The zero-order chi connectivity index (χ0) is 21.3. The highest BCUT2D eigenvalue weighted by atomic mass is 127. The number of rotatable bonds is 8. The normalized spacial score (nSPS) is 13.6. The minimum absolute atomic E-state index is 0.0312. The van der Waals surface area contributed by atoms with Gasteiger partial charge < -0.3 is 14.6 Å². The zero-order valence-electron chi connectivity index (χ0n) is 12.9. The third kappa shape index (κ3) is 4.90. The van der Waals surface area contributed by atoms with Crippen LogP contribution in [0.4, 0.5) is 39.5 Å². The topological polar surface area (TPSA) is 49.4 Å². The Balaban J connectivity index is 2.74. The number of ether oxygens (including phenoxy) is 1. The van der Waals surface area contributed by atoms with E-state index in [1.807, 2.05) is 0 Å². The van der Waals surface area contributed by atoms with Gasteiger partial charge in [0, 0.05) is 6.42 Å². The Kier molecular flexibility index (Phi) is 6.92. The quantitative estimate of drug-likeness (QED) is 0.291. The van der Waals surface area contributed by atoms with E-state index < -0.39 is 49.4 Å². The number of benzene rings is 1. The average Bonchev–Trinajstić information content (AvgIpc) is 2.51. The molecular formula is C14H9F9IO3-. The van der Waals surface area contributed by atoms with Gasteiger partial charge in [-0.1, -0.05) is 0 Å². The predicted octanol–water partition coefficient (Wildman–Crippen LogP) is 4.28. The van der Waals surface area contributed by atoms with Gasteiger partial charge in [0.05, 0.1) is 16.1 Å². The van der Waals surface area contributed by atoms with Crippen molar-refractivity contribution < 1.29 is 54.2 Å². The molecular weight excluding hydrogens is 514 g/mol. The number of halogens is 10. The van der Waals surface area contributed by atoms with Gasteiger partial charge in [-0.3, -0.25) is 0 Å². The Bertz CT molecular complexity index is 689. The number of aromatic carboxylic acids is 1. The van der Waals surface area contributed by atoms with Gasteiger partial charge in [0.15, 0.2) is 0 Å². The molecule has 0 unspecified atom stereocenters. The molecule has 0 aromatic heterocycles. The van der Waals surface area contributed by atoms with E-state index in [1.165, 1.54) is 0 Å². The summed E-state index contributed by atoms with van der Waals surface area (Å²) >= 11 is 1.61. The summed E-state index contributed by atoms with van der Waals surface area (Å²) in [7, 11) is 0. The van der Waals surface area contributed by atoms with Gasteiger partial charge in [-0.2, -0.15) is 39.5 Å². The first-order valence-electron chi connectivity index (χ1n) is 6.88. The molecule has 0 aliphatic rings. The monoisotopic (exact) mass is 523 g/mol. The highest BCUT2D eigenvalue weighted by molar-refractivity contribution is 14.1. The Morgan fingerprint density at radius 2 is 1.56 bits per heavy atom. The molecule has 0 bridgehead atoms. The summed E-state index contributed by atoms with van der Waals surface area (Å²) in [6, 6.07) is 3.24. The summed E-state index contributed by atoms with van der Waals surface area (Å²) in [5.74, 6) is -20.8. The van der Waals surface area contributed by atoms with Crippen LogP contribution in [0.15, 0.2) is 18.2 Å². The molecule has 0 amide bonds. The number of alkyl halides is 9. The van der Waals surface area contributed by atoms with Gasteiger partial charge in [-0.05, 0) is 52.8 Å². The van der Waals surface area contributed by atoms with Gasteiger partial charge in [0.25, 0.3) is 0 Å². The maximum absolute atomic E-state index is 13.3. The fourth-order valence-corrected chi connectivity index (χ4v) is 2.46. The second-order valence-electron chi connectivity index (χ2n) is 5.24. The van der Waals surface area contributed by atoms with E-state index in [4.69, 9.17) is 4.74 Å². The van der Waals surface area contributed by atoms with Crippen molar-refractivity contribution in [2.75, 3.05) is 6.61 Å². The third-order valence-electron chi connectivity index (χ3n) is 3.27. The number of carboxylic acid groups (broad SMARTS) is 1. The van der Waals surface area contributed by atoms with E-state index in [2.05, 4.69) is 0 Å². The summed E-state index contributed by atoms with van der Waals surface area (Å²) in [6.45, 7) is -0.718. The molecule has 0 spiro atoms. The predicted molar refractivity (Wildman–Crippen MR) is 79.1 cm³/mol. The second-order valence-corrected chi connectivity index (χ2v) is 6.40. The zero-order valence-corrected chi connectivity index (χ0v) is 15.0. The van der Waals surface area contributed by atoms with Crippen LogP contribution in [-0.4, -0.2) is 36.5 Å². The summed E-state index contributed by atoms with van der Waals surface area (Å²) < 4.78 is 119. The SMILES string of the molecule is O=C([O-])c1ccc(OCCCC(F)(F)C(F)(F)C(F)(F)C(F)(F)F)c(I)c1. The van der Waals surface area contributed by atoms with E-state index in [0.717, 1.165) is 18.2 Å². The minimum atomic E-state index is -6.92. The van der Waals surface area contributed by atoms with Crippen LogP contribution >= 0.6 is 22.6 Å². The first-order chi connectivity index (χ1) is 12.0. The molecule has 1 aromatic carbocycles. The highest BCUT2D eigenvalue weighted by Gasteiger charge is 2.81. The number of carbonyl (C=O) groups excluding carboxylic acids is 1. The lowest BCUT2D eigenvalue weighted by Crippen LogP contribution is -2.60. The molecule has 0 N–H and O–H groups in total. The molecule has 1 rings (SSSR count). The van der Waals surface area contributed by atoms with Crippen LogP contribution < -0.4 is 9.84 Å². The van der Waals surface area contributed by atoms with Gasteiger partial charge >= 0.3 is 23.9 Å². The van der Waals surface area contributed by atoms with Crippen LogP contribution in [-0.2, 0) is 0 Å². The van der Waals surface area contributed by atoms with Crippen molar-refractivity contribution in [3.05, 3.63) is 27.3 Å². The molecule has 0 heterocycles. The molecule has 0 radical (unpaired) electrons. The highest BCUT2D eigenvalue weighted by Crippen LogP contribution is 2.54. The Labute approximate surface area is 159 Å². The maximum atomic E-state index is 13.3. The van der Waals surface area contributed by atoms with Crippen LogP contribution in [0.1, 0.15) is 23.2 Å². The molecule has 27 heavy (non-hydrogen) atoms. The van der Waals surface area contributed by atoms with E-state index in [0.29, 0.717) is 0 Å². The number of carbonyl (C=O) groups is 1. The van der Waals surface area contributed by atoms with Gasteiger partial charge in [0.2, 0.25) is 0 Å². The van der Waals surface area contributed by atoms with E-state index in [9.17, 15) is 49.4 Å². The van der Waals surface area contributed by atoms with Crippen molar-refractivity contribution in [1.29, 1.82) is 0 Å². The van der Waals surface area contributed by atoms with Crippen LogP contribution in [0.5, 0.6) is 5.75 Å². The molecule has 0 saturated heterocycles. The van der Waals surface area contributed by atoms with Crippen molar-refractivity contribution >= 4 is 28.6 Å². The molecule has 3 nitrogen and oxygen atoms in total. The summed E-state index contributed by atoms with van der Waals surface area (Å²) in [6.07, 6.45) is -9.83. The first kappa shape index (κ1) is 23.6. The molecule has 0 aliphatic carbocycles. The van der Waals surface area contributed by atoms with E-state index in [1.54, 1.807) is 22.6 Å². The summed E-state index contributed by atoms with van der Waals surface area (Å²) in [4.78, 5) is 10.6. The molecule has 0 atom stereocenters. The van der Waals surface area contributed by atoms with Crippen molar-refractivity contribution in [3.63, 3.8) is 0 Å². The lowest BCUT2D eigenvalue weighted by molar-refractivity contribution is -0.396. The fourth-order valence-electron chi connectivity index (χ4n) is 1.79. The standard InChI is InChI=1S/C14H10F9IO3/c15-11(16,12(17,18)13(19,20)14(21,22)23)4-1-5-27-9-3-2-7(10(25)26)6-8(9)24/h2-3,6H,1,4-5H2,(H,25,26)/p-1. The summed E-state index contributed by atoms with van der Waals surface area (Å²) in [5.41, 5.74) is -0.229.